The number of hydrogen-bond acceptors (Lipinski definition) is 4. The summed E-state index contributed by atoms with van der Waals surface area (Å²) in [7, 11) is 3.33. The van der Waals surface area contributed by atoms with Gasteiger partial charge in [-0.1, -0.05) is 12.1 Å². The molecule has 19 heavy (non-hydrogen) atoms. The van der Waals surface area contributed by atoms with Gasteiger partial charge in [0.1, 0.15) is 5.75 Å². The average Bonchev–Trinajstić information content (AvgIpc) is 2.83. The van der Waals surface area contributed by atoms with Crippen molar-refractivity contribution in [2.24, 2.45) is 0 Å². The molecule has 0 atom stereocenters. The quantitative estimate of drug-likeness (QED) is 0.862. The first kappa shape index (κ1) is 13.5. The maximum absolute atomic E-state index is 12.4. The maximum Gasteiger partial charge on any atom is 0.257 e. The van der Waals surface area contributed by atoms with Crippen LogP contribution in [0, 0.1) is 6.92 Å². The fraction of sp³-hybridized carbons (Fsp3) is 0.286. The predicted molar refractivity (Wildman–Crippen MR) is 75.6 cm³/mol. The highest BCUT2D eigenvalue weighted by Gasteiger charge is 2.16. The van der Waals surface area contributed by atoms with Gasteiger partial charge in [-0.3, -0.25) is 4.79 Å². The number of methoxy groups -OCH3 is 1. The Bertz CT molecular complexity index is 580. The van der Waals surface area contributed by atoms with E-state index in [0.29, 0.717) is 17.9 Å². The van der Waals surface area contributed by atoms with Crippen LogP contribution in [0.1, 0.15) is 21.1 Å². The summed E-state index contributed by atoms with van der Waals surface area (Å²) in [6.45, 7) is 2.46. The number of aryl methyl sites for hydroxylation is 1. The highest BCUT2D eigenvalue weighted by molar-refractivity contribution is 7.09. The van der Waals surface area contributed by atoms with Crippen molar-refractivity contribution in [1.82, 2.24) is 9.88 Å². The van der Waals surface area contributed by atoms with E-state index < -0.39 is 0 Å². The summed E-state index contributed by atoms with van der Waals surface area (Å²) in [6, 6.07) is 7.23. The standard InChI is InChI=1S/C14H16N2O2S/c1-10-15-11(9-19-10)8-16(2)14(17)12-6-4-5-7-13(12)18-3/h4-7,9H,8H2,1-3H3. The van der Waals surface area contributed by atoms with Crippen molar-refractivity contribution in [3.8, 4) is 5.75 Å². The Morgan fingerprint density at radius 1 is 1.42 bits per heavy atom. The van der Waals surface area contributed by atoms with Gasteiger partial charge in [0.2, 0.25) is 0 Å². The Balaban J connectivity index is 2.14. The number of carbonyl (C=O) groups excluding carboxylic acids is 1. The normalized spacial score (nSPS) is 10.3. The summed E-state index contributed by atoms with van der Waals surface area (Å²) in [5.41, 5.74) is 1.48. The highest BCUT2D eigenvalue weighted by Crippen LogP contribution is 2.20. The number of benzene rings is 1. The van der Waals surface area contributed by atoms with Gasteiger partial charge in [-0.15, -0.1) is 11.3 Å². The number of thiazole rings is 1. The van der Waals surface area contributed by atoms with Crippen molar-refractivity contribution in [3.63, 3.8) is 0 Å². The molecule has 0 saturated carbocycles. The summed E-state index contributed by atoms with van der Waals surface area (Å²) in [5, 5.41) is 2.98. The van der Waals surface area contributed by atoms with Crippen LogP contribution >= 0.6 is 11.3 Å². The van der Waals surface area contributed by atoms with Crippen LogP contribution in [0.25, 0.3) is 0 Å². The number of aromatic nitrogens is 1. The van der Waals surface area contributed by atoms with E-state index in [1.165, 1.54) is 0 Å². The minimum Gasteiger partial charge on any atom is -0.496 e. The minimum absolute atomic E-state index is 0.0666. The van der Waals surface area contributed by atoms with E-state index in [4.69, 9.17) is 4.74 Å². The lowest BCUT2D eigenvalue weighted by atomic mass is 10.1. The molecule has 0 unspecified atom stereocenters. The Labute approximate surface area is 116 Å². The summed E-state index contributed by atoms with van der Waals surface area (Å²) in [4.78, 5) is 18.4. The van der Waals surface area contributed by atoms with Gasteiger partial charge >= 0.3 is 0 Å². The molecule has 0 radical (unpaired) electrons. The highest BCUT2D eigenvalue weighted by atomic mass is 32.1. The number of rotatable bonds is 4. The molecule has 4 nitrogen and oxygen atoms in total. The number of hydrogen-bond donors (Lipinski definition) is 0. The zero-order chi connectivity index (χ0) is 13.8. The van der Waals surface area contributed by atoms with Gasteiger partial charge in [0.15, 0.2) is 0 Å². The Morgan fingerprint density at radius 2 is 2.16 bits per heavy atom. The van der Waals surface area contributed by atoms with E-state index >= 15 is 0 Å². The molecule has 1 amide bonds. The first-order valence-electron chi connectivity index (χ1n) is 5.91. The zero-order valence-electron chi connectivity index (χ0n) is 11.2. The number of amides is 1. The molecule has 1 aromatic heterocycles. The molecule has 5 heteroatoms. The van der Waals surface area contributed by atoms with Gasteiger partial charge in [-0.25, -0.2) is 4.98 Å². The Morgan fingerprint density at radius 3 is 2.79 bits per heavy atom. The van der Waals surface area contributed by atoms with Crippen LogP contribution in [0.15, 0.2) is 29.6 Å². The zero-order valence-corrected chi connectivity index (χ0v) is 12.0. The molecule has 0 fully saturated rings. The number of nitrogens with zero attached hydrogens (tertiary/aromatic N) is 2. The average molecular weight is 276 g/mol. The molecule has 0 bridgehead atoms. The predicted octanol–water partition coefficient (Wildman–Crippen LogP) is 2.73. The third kappa shape index (κ3) is 3.12. The van der Waals surface area contributed by atoms with Crippen molar-refractivity contribution in [1.29, 1.82) is 0 Å². The van der Waals surface area contributed by atoms with Gasteiger partial charge in [0.05, 0.1) is 29.9 Å². The van der Waals surface area contributed by atoms with Crippen molar-refractivity contribution >= 4 is 17.2 Å². The van der Waals surface area contributed by atoms with E-state index in [-0.39, 0.29) is 5.91 Å². The van der Waals surface area contributed by atoms with Gasteiger partial charge < -0.3 is 9.64 Å². The molecule has 0 aliphatic heterocycles. The molecule has 1 heterocycles. The smallest absolute Gasteiger partial charge is 0.257 e. The molecular weight excluding hydrogens is 260 g/mol. The first-order chi connectivity index (χ1) is 9.11. The van der Waals surface area contributed by atoms with Crippen LogP contribution in [0.3, 0.4) is 0 Å². The van der Waals surface area contributed by atoms with Crippen LogP contribution in [0.5, 0.6) is 5.75 Å². The van der Waals surface area contributed by atoms with Gasteiger partial charge in [-0.05, 0) is 19.1 Å². The number of para-hydroxylation sites is 1. The topological polar surface area (TPSA) is 42.4 Å². The molecule has 0 spiro atoms. The summed E-state index contributed by atoms with van der Waals surface area (Å²) in [6.07, 6.45) is 0. The molecule has 0 saturated heterocycles. The van der Waals surface area contributed by atoms with Crippen LogP contribution in [0.2, 0.25) is 0 Å². The van der Waals surface area contributed by atoms with Crippen LogP contribution in [-0.2, 0) is 6.54 Å². The SMILES string of the molecule is COc1ccccc1C(=O)N(C)Cc1csc(C)n1. The molecular formula is C14H16N2O2S. The molecule has 0 N–H and O–H groups in total. The van der Waals surface area contributed by atoms with Gasteiger partial charge in [0.25, 0.3) is 5.91 Å². The number of carbonyl (C=O) groups is 1. The van der Waals surface area contributed by atoms with E-state index in [1.807, 2.05) is 24.4 Å². The molecule has 2 rings (SSSR count). The van der Waals surface area contributed by atoms with E-state index in [9.17, 15) is 4.79 Å². The maximum atomic E-state index is 12.4. The second-order valence-electron chi connectivity index (χ2n) is 4.22. The lowest BCUT2D eigenvalue weighted by Crippen LogP contribution is -2.26. The third-order valence-electron chi connectivity index (χ3n) is 2.75. The summed E-state index contributed by atoms with van der Waals surface area (Å²) in [5.74, 6) is 0.525. The van der Waals surface area contributed by atoms with Crippen molar-refractivity contribution in [3.05, 3.63) is 45.9 Å². The van der Waals surface area contributed by atoms with Gasteiger partial charge in [0, 0.05) is 12.4 Å². The lowest BCUT2D eigenvalue weighted by Gasteiger charge is -2.17. The van der Waals surface area contributed by atoms with Crippen LogP contribution in [0.4, 0.5) is 0 Å². The molecule has 2 aromatic rings. The van der Waals surface area contributed by atoms with Crippen LogP contribution < -0.4 is 4.74 Å². The van der Waals surface area contributed by atoms with Crippen molar-refractivity contribution < 1.29 is 9.53 Å². The molecule has 1 aromatic carbocycles. The van der Waals surface area contributed by atoms with Crippen molar-refractivity contribution in [2.45, 2.75) is 13.5 Å². The number of ether oxygens (including phenoxy) is 1. The molecule has 0 aliphatic carbocycles. The van der Waals surface area contributed by atoms with E-state index in [1.54, 1.807) is 42.5 Å². The fourth-order valence-corrected chi connectivity index (χ4v) is 2.43. The van der Waals surface area contributed by atoms with Gasteiger partial charge in [-0.2, -0.15) is 0 Å². The second-order valence-corrected chi connectivity index (χ2v) is 5.28. The van der Waals surface area contributed by atoms with E-state index in [0.717, 1.165) is 10.7 Å². The summed E-state index contributed by atoms with van der Waals surface area (Å²) < 4.78 is 5.21. The Hall–Kier alpha value is -1.88. The van der Waals surface area contributed by atoms with Crippen LogP contribution in [-0.4, -0.2) is 29.9 Å². The molecule has 100 valence electrons. The largest absolute Gasteiger partial charge is 0.496 e. The summed E-state index contributed by atoms with van der Waals surface area (Å²) >= 11 is 1.59. The van der Waals surface area contributed by atoms with Crippen molar-refractivity contribution in [2.75, 3.05) is 14.2 Å². The lowest BCUT2D eigenvalue weighted by molar-refractivity contribution is 0.0780. The second kappa shape index (κ2) is 5.84. The van der Waals surface area contributed by atoms with E-state index in [2.05, 4.69) is 4.98 Å². The Kier molecular flexibility index (Phi) is 4.16. The monoisotopic (exact) mass is 276 g/mol. The first-order valence-corrected chi connectivity index (χ1v) is 6.79. The molecule has 0 aliphatic rings. The minimum atomic E-state index is -0.0666. The third-order valence-corrected chi connectivity index (χ3v) is 3.57. The fourth-order valence-electron chi connectivity index (χ4n) is 1.82.